The molecule has 0 saturated carbocycles. The van der Waals surface area contributed by atoms with Crippen molar-refractivity contribution in [3.05, 3.63) is 51.2 Å². The summed E-state index contributed by atoms with van der Waals surface area (Å²) in [5.41, 5.74) is -1.08. The topological polar surface area (TPSA) is 69.7 Å². The second kappa shape index (κ2) is 9.23. The van der Waals surface area contributed by atoms with Gasteiger partial charge in [-0.1, -0.05) is 17.7 Å². The average molecular weight is 482 g/mol. The van der Waals surface area contributed by atoms with Crippen molar-refractivity contribution in [3.8, 4) is 0 Å². The van der Waals surface area contributed by atoms with Crippen LogP contribution in [0.3, 0.4) is 0 Å². The van der Waals surface area contributed by atoms with Gasteiger partial charge in [0.15, 0.2) is 0 Å². The predicted octanol–water partition coefficient (Wildman–Crippen LogP) is 3.04. The van der Waals surface area contributed by atoms with Gasteiger partial charge in [0.05, 0.1) is 23.7 Å². The minimum atomic E-state index is -4.68. The Labute approximate surface area is 181 Å². The molecule has 2 aromatic rings. The van der Waals surface area contributed by atoms with Crippen molar-refractivity contribution in [2.75, 3.05) is 32.7 Å². The number of carbonyl (C=O) groups is 1. The first-order chi connectivity index (χ1) is 14.1. The predicted molar refractivity (Wildman–Crippen MR) is 108 cm³/mol. The Bertz CT molecular complexity index is 990. The van der Waals surface area contributed by atoms with Crippen LogP contribution < -0.4 is 5.32 Å². The van der Waals surface area contributed by atoms with Crippen molar-refractivity contribution in [2.45, 2.75) is 17.6 Å². The summed E-state index contributed by atoms with van der Waals surface area (Å²) in [6, 6.07) is 6.04. The van der Waals surface area contributed by atoms with Crippen LogP contribution in [0.25, 0.3) is 0 Å². The Morgan fingerprint density at radius 1 is 1.17 bits per heavy atom. The van der Waals surface area contributed by atoms with Gasteiger partial charge in [0.1, 0.15) is 4.90 Å². The fraction of sp³-hybridized carbons (Fsp3) is 0.389. The minimum absolute atomic E-state index is 0.0487. The van der Waals surface area contributed by atoms with E-state index in [1.54, 1.807) is 4.90 Å². The smallest absolute Gasteiger partial charge is 0.350 e. The second-order valence-corrected chi connectivity index (χ2v) is 10.0. The third-order valence-corrected chi connectivity index (χ3v) is 7.87. The summed E-state index contributed by atoms with van der Waals surface area (Å²) in [4.78, 5) is 14.3. The quantitative estimate of drug-likeness (QED) is 0.688. The number of hydrogen-bond acceptors (Lipinski definition) is 5. The van der Waals surface area contributed by atoms with Gasteiger partial charge >= 0.3 is 6.18 Å². The van der Waals surface area contributed by atoms with Gasteiger partial charge in [-0.2, -0.15) is 17.5 Å². The molecule has 1 aliphatic heterocycles. The summed E-state index contributed by atoms with van der Waals surface area (Å²) >= 11 is 7.42. The van der Waals surface area contributed by atoms with Crippen LogP contribution >= 0.6 is 22.9 Å². The van der Waals surface area contributed by atoms with Crippen LogP contribution in [0.1, 0.15) is 10.4 Å². The number of sulfonamides is 1. The summed E-state index contributed by atoms with van der Waals surface area (Å²) < 4.78 is 65.6. The zero-order valence-electron chi connectivity index (χ0n) is 15.7. The van der Waals surface area contributed by atoms with E-state index in [1.165, 1.54) is 11.3 Å². The fourth-order valence-electron chi connectivity index (χ4n) is 3.00. The third kappa shape index (κ3) is 5.52. The van der Waals surface area contributed by atoms with Crippen LogP contribution in [-0.2, 0) is 27.5 Å². The summed E-state index contributed by atoms with van der Waals surface area (Å²) in [6.07, 6.45) is -4.68. The number of amides is 1. The number of hydrogen-bond donors (Lipinski definition) is 1. The zero-order chi connectivity index (χ0) is 21.9. The second-order valence-electron chi connectivity index (χ2n) is 6.68. The molecule has 1 saturated heterocycles. The molecule has 0 radical (unpaired) electrons. The molecule has 1 aromatic carbocycles. The summed E-state index contributed by atoms with van der Waals surface area (Å²) in [7, 11) is -4.19. The molecule has 1 aromatic heterocycles. The SMILES string of the molecule is O=C(CN1CCN(S(=O)(=O)c2cc(C(F)(F)F)ccc2Cl)CC1)NCc1cccs1. The molecular weight excluding hydrogens is 463 g/mol. The number of piperazine rings is 1. The van der Waals surface area contributed by atoms with Gasteiger partial charge < -0.3 is 5.32 Å². The van der Waals surface area contributed by atoms with E-state index < -0.39 is 26.7 Å². The monoisotopic (exact) mass is 481 g/mol. The molecule has 1 fully saturated rings. The largest absolute Gasteiger partial charge is 0.416 e. The molecule has 0 atom stereocenters. The lowest BCUT2D eigenvalue weighted by atomic mass is 10.2. The Morgan fingerprint density at radius 2 is 1.87 bits per heavy atom. The van der Waals surface area contributed by atoms with Gasteiger partial charge in [-0.3, -0.25) is 9.69 Å². The number of benzene rings is 1. The lowest BCUT2D eigenvalue weighted by molar-refractivity contribution is -0.137. The number of halogens is 4. The van der Waals surface area contributed by atoms with Crippen molar-refractivity contribution in [3.63, 3.8) is 0 Å². The number of alkyl halides is 3. The first kappa shape index (κ1) is 23.0. The molecule has 0 bridgehead atoms. The molecule has 12 heteroatoms. The number of carbonyl (C=O) groups excluding carboxylic acids is 1. The molecule has 1 N–H and O–H groups in total. The number of nitrogens with one attached hydrogen (secondary N) is 1. The van der Waals surface area contributed by atoms with E-state index in [9.17, 15) is 26.4 Å². The molecule has 6 nitrogen and oxygen atoms in total. The Hall–Kier alpha value is -1.66. The molecule has 3 rings (SSSR count). The van der Waals surface area contributed by atoms with E-state index in [0.29, 0.717) is 12.6 Å². The van der Waals surface area contributed by atoms with Gasteiger partial charge in [-0.15, -0.1) is 11.3 Å². The number of thiophene rings is 1. The summed E-state index contributed by atoms with van der Waals surface area (Å²) in [6.45, 7) is 1.20. The van der Waals surface area contributed by atoms with Crippen LogP contribution in [-0.4, -0.2) is 56.3 Å². The van der Waals surface area contributed by atoms with Gasteiger partial charge in [0, 0.05) is 31.1 Å². The van der Waals surface area contributed by atoms with E-state index in [-0.39, 0.29) is 43.7 Å². The highest BCUT2D eigenvalue weighted by molar-refractivity contribution is 7.89. The van der Waals surface area contributed by atoms with Crippen molar-refractivity contribution < 1.29 is 26.4 Å². The molecule has 30 heavy (non-hydrogen) atoms. The maximum absolute atomic E-state index is 13.0. The maximum Gasteiger partial charge on any atom is 0.416 e. The molecule has 0 spiro atoms. The van der Waals surface area contributed by atoms with Crippen LogP contribution in [0.15, 0.2) is 40.6 Å². The molecule has 0 unspecified atom stereocenters. The molecule has 0 aliphatic carbocycles. The number of nitrogens with zero attached hydrogens (tertiary/aromatic N) is 2. The molecule has 1 aliphatic rings. The van der Waals surface area contributed by atoms with Crippen molar-refractivity contribution in [1.29, 1.82) is 0 Å². The molecule has 2 heterocycles. The Balaban J connectivity index is 1.59. The van der Waals surface area contributed by atoms with E-state index in [4.69, 9.17) is 11.6 Å². The fourth-order valence-corrected chi connectivity index (χ4v) is 5.57. The van der Waals surface area contributed by atoms with Crippen LogP contribution in [0.2, 0.25) is 5.02 Å². The van der Waals surface area contributed by atoms with Gasteiger partial charge in [-0.05, 0) is 29.6 Å². The van der Waals surface area contributed by atoms with E-state index >= 15 is 0 Å². The van der Waals surface area contributed by atoms with Gasteiger partial charge in [0.2, 0.25) is 15.9 Å². The Kier molecular flexibility index (Phi) is 7.08. The standard InChI is InChI=1S/C18H19ClF3N3O3S2/c19-15-4-3-13(18(20,21)22)10-16(15)30(27,28)25-7-5-24(6-8-25)12-17(26)23-11-14-2-1-9-29-14/h1-4,9-10H,5-8,11-12H2,(H,23,26). The summed E-state index contributed by atoms with van der Waals surface area (Å²) in [5.74, 6) is -0.180. The minimum Gasteiger partial charge on any atom is -0.350 e. The van der Waals surface area contributed by atoms with Crippen LogP contribution in [0.5, 0.6) is 0 Å². The third-order valence-electron chi connectivity index (χ3n) is 4.61. The normalized spacial score (nSPS) is 16.5. The lowest BCUT2D eigenvalue weighted by Crippen LogP contribution is -2.51. The number of rotatable bonds is 6. The molecule has 1 amide bonds. The highest BCUT2D eigenvalue weighted by Crippen LogP contribution is 2.34. The van der Waals surface area contributed by atoms with E-state index in [2.05, 4.69) is 5.32 Å². The van der Waals surface area contributed by atoms with Crippen LogP contribution in [0.4, 0.5) is 13.2 Å². The average Bonchev–Trinajstić information content (AvgIpc) is 3.20. The summed E-state index contributed by atoms with van der Waals surface area (Å²) in [5, 5.41) is 4.45. The van der Waals surface area contributed by atoms with Crippen molar-refractivity contribution in [2.24, 2.45) is 0 Å². The van der Waals surface area contributed by atoms with E-state index in [0.717, 1.165) is 21.3 Å². The highest BCUT2D eigenvalue weighted by Gasteiger charge is 2.35. The van der Waals surface area contributed by atoms with Crippen molar-refractivity contribution in [1.82, 2.24) is 14.5 Å². The van der Waals surface area contributed by atoms with Crippen LogP contribution in [0, 0.1) is 0 Å². The van der Waals surface area contributed by atoms with E-state index in [1.807, 2.05) is 17.5 Å². The van der Waals surface area contributed by atoms with Gasteiger partial charge in [0.25, 0.3) is 0 Å². The Morgan fingerprint density at radius 3 is 2.47 bits per heavy atom. The zero-order valence-corrected chi connectivity index (χ0v) is 18.0. The van der Waals surface area contributed by atoms with Gasteiger partial charge in [-0.25, -0.2) is 8.42 Å². The highest BCUT2D eigenvalue weighted by atomic mass is 35.5. The molecular formula is C18H19ClF3N3O3S2. The maximum atomic E-state index is 13.0. The van der Waals surface area contributed by atoms with Crippen molar-refractivity contribution >= 4 is 38.9 Å². The first-order valence-electron chi connectivity index (χ1n) is 8.96. The first-order valence-corrected chi connectivity index (χ1v) is 11.7. The lowest BCUT2D eigenvalue weighted by Gasteiger charge is -2.33. The molecule has 164 valence electrons.